The molecular formula is C49H29N3OS. The minimum Gasteiger partial charge on any atom is -0.456 e. The minimum atomic E-state index is 0.587. The molecule has 3 aromatic heterocycles. The molecule has 0 aliphatic heterocycles. The molecule has 0 atom stereocenters. The van der Waals surface area contributed by atoms with Gasteiger partial charge in [0.1, 0.15) is 11.2 Å². The summed E-state index contributed by atoms with van der Waals surface area (Å²) in [6.07, 6.45) is 0. The molecule has 8 aromatic carbocycles. The monoisotopic (exact) mass is 707 g/mol. The predicted octanol–water partition coefficient (Wildman–Crippen LogP) is 13.6. The largest absolute Gasteiger partial charge is 0.456 e. The molecule has 0 fully saturated rings. The van der Waals surface area contributed by atoms with Gasteiger partial charge in [0.05, 0.1) is 0 Å². The van der Waals surface area contributed by atoms with Crippen LogP contribution < -0.4 is 0 Å². The number of para-hydroxylation sites is 1. The van der Waals surface area contributed by atoms with Crippen molar-refractivity contribution in [2.45, 2.75) is 0 Å². The Morgan fingerprint density at radius 1 is 0.352 bits per heavy atom. The standard InChI is InChI=1S/C49H29N3OS/c1-2-12-30(13-3-1)31-15-10-16-33(26-31)47-50-48(34-24-25-39-38-18-6-8-22-43(38)53-44(39)29-34)52-49(51-47)42-28-35(27-32-14-4-5-17-36(32)42)37-20-11-21-41-40-19-7-9-23-45(40)54-46(37)41/h1-29H. The van der Waals surface area contributed by atoms with Crippen molar-refractivity contribution < 1.29 is 4.42 Å². The van der Waals surface area contributed by atoms with E-state index >= 15 is 0 Å². The highest BCUT2D eigenvalue weighted by Gasteiger charge is 2.19. The fourth-order valence-electron chi connectivity index (χ4n) is 7.71. The van der Waals surface area contributed by atoms with Gasteiger partial charge in [-0.1, -0.05) is 133 Å². The number of nitrogens with zero attached hydrogens (tertiary/aromatic N) is 3. The lowest BCUT2D eigenvalue weighted by Gasteiger charge is -2.13. The third kappa shape index (κ3) is 5.09. The molecule has 4 nitrogen and oxygen atoms in total. The molecule has 0 amide bonds. The van der Waals surface area contributed by atoms with E-state index in [0.717, 1.165) is 66.1 Å². The second-order valence-corrected chi connectivity index (χ2v) is 14.6. The summed E-state index contributed by atoms with van der Waals surface area (Å²) in [7, 11) is 0. The highest BCUT2D eigenvalue weighted by atomic mass is 32.1. The highest BCUT2D eigenvalue weighted by Crippen LogP contribution is 2.42. The van der Waals surface area contributed by atoms with Gasteiger partial charge in [-0.2, -0.15) is 0 Å². The molecule has 54 heavy (non-hydrogen) atoms. The van der Waals surface area contributed by atoms with Crippen molar-refractivity contribution >= 4 is 64.2 Å². The van der Waals surface area contributed by atoms with Gasteiger partial charge >= 0.3 is 0 Å². The number of furan rings is 1. The van der Waals surface area contributed by atoms with Gasteiger partial charge in [-0.15, -0.1) is 11.3 Å². The van der Waals surface area contributed by atoms with E-state index in [4.69, 9.17) is 19.4 Å². The van der Waals surface area contributed by atoms with Gasteiger partial charge in [0.15, 0.2) is 17.5 Å². The van der Waals surface area contributed by atoms with Crippen LogP contribution in [0.1, 0.15) is 0 Å². The Kier molecular flexibility index (Phi) is 7.00. The fraction of sp³-hybridized carbons (Fsp3) is 0. The molecule has 0 saturated heterocycles. The van der Waals surface area contributed by atoms with Crippen LogP contribution in [0.2, 0.25) is 0 Å². The lowest BCUT2D eigenvalue weighted by atomic mass is 9.95. The summed E-state index contributed by atoms with van der Waals surface area (Å²) < 4.78 is 8.87. The van der Waals surface area contributed by atoms with Gasteiger partial charge in [-0.25, -0.2) is 15.0 Å². The second-order valence-electron chi connectivity index (χ2n) is 13.6. The number of hydrogen-bond acceptors (Lipinski definition) is 5. The highest BCUT2D eigenvalue weighted by molar-refractivity contribution is 7.26. The number of fused-ring (bicyclic) bond motifs is 7. The normalized spacial score (nSPS) is 11.7. The van der Waals surface area contributed by atoms with Crippen molar-refractivity contribution in [3.8, 4) is 56.4 Å². The summed E-state index contributed by atoms with van der Waals surface area (Å²) >= 11 is 1.84. The molecular weight excluding hydrogens is 679 g/mol. The van der Waals surface area contributed by atoms with Gasteiger partial charge in [-0.3, -0.25) is 0 Å². The van der Waals surface area contributed by atoms with Crippen LogP contribution >= 0.6 is 11.3 Å². The summed E-state index contributed by atoms with van der Waals surface area (Å²) in [6, 6.07) is 61.6. The number of benzene rings is 8. The van der Waals surface area contributed by atoms with Crippen LogP contribution in [-0.2, 0) is 0 Å². The van der Waals surface area contributed by atoms with Crippen LogP contribution in [0.3, 0.4) is 0 Å². The second kappa shape index (κ2) is 12.3. The Balaban J connectivity index is 1.15. The van der Waals surface area contributed by atoms with E-state index in [1.165, 1.54) is 25.7 Å². The molecule has 0 saturated carbocycles. The zero-order valence-electron chi connectivity index (χ0n) is 28.9. The quantitative estimate of drug-likeness (QED) is 0.179. The van der Waals surface area contributed by atoms with Crippen molar-refractivity contribution in [3.63, 3.8) is 0 Å². The number of aromatic nitrogens is 3. The average Bonchev–Trinajstić information content (AvgIpc) is 3.82. The smallest absolute Gasteiger partial charge is 0.164 e. The zero-order chi connectivity index (χ0) is 35.6. The average molecular weight is 708 g/mol. The number of rotatable bonds is 5. The van der Waals surface area contributed by atoms with E-state index in [-0.39, 0.29) is 0 Å². The summed E-state index contributed by atoms with van der Waals surface area (Å²) in [6.45, 7) is 0. The van der Waals surface area contributed by atoms with Crippen LogP contribution in [0.4, 0.5) is 0 Å². The Hall–Kier alpha value is -6.95. The van der Waals surface area contributed by atoms with Crippen LogP contribution in [0.25, 0.3) is 109 Å². The van der Waals surface area contributed by atoms with E-state index in [1.54, 1.807) is 0 Å². The Labute approximate surface area is 314 Å². The SMILES string of the molecule is c1ccc(-c2cccc(-c3nc(-c4ccc5c(c4)oc4ccccc45)nc(-c4cc(-c5cccc6c5sc5ccccc56)cc5ccccc45)n3)c2)cc1. The molecule has 0 unspecified atom stereocenters. The van der Waals surface area contributed by atoms with E-state index in [1.807, 2.05) is 35.6 Å². The van der Waals surface area contributed by atoms with Crippen LogP contribution in [0, 0.1) is 0 Å². The van der Waals surface area contributed by atoms with E-state index in [9.17, 15) is 0 Å². The minimum absolute atomic E-state index is 0.587. The third-order valence-electron chi connectivity index (χ3n) is 10.3. The van der Waals surface area contributed by atoms with Crippen molar-refractivity contribution in [1.29, 1.82) is 0 Å². The van der Waals surface area contributed by atoms with Gasteiger partial charge in [0, 0.05) is 47.6 Å². The number of hydrogen-bond donors (Lipinski definition) is 0. The maximum atomic E-state index is 6.32. The molecule has 252 valence electrons. The molecule has 0 spiro atoms. The predicted molar refractivity (Wildman–Crippen MR) is 225 cm³/mol. The topological polar surface area (TPSA) is 51.8 Å². The first-order chi connectivity index (χ1) is 26.7. The van der Waals surface area contributed by atoms with Crippen LogP contribution in [0.5, 0.6) is 0 Å². The Morgan fingerprint density at radius 2 is 1.00 bits per heavy atom. The fourth-order valence-corrected chi connectivity index (χ4v) is 8.95. The van der Waals surface area contributed by atoms with Gasteiger partial charge in [0.25, 0.3) is 0 Å². The van der Waals surface area contributed by atoms with Crippen molar-refractivity contribution in [2.24, 2.45) is 0 Å². The van der Waals surface area contributed by atoms with Crippen LogP contribution in [0.15, 0.2) is 180 Å². The maximum Gasteiger partial charge on any atom is 0.164 e. The molecule has 11 aromatic rings. The molecule has 0 aliphatic rings. The number of thiophene rings is 1. The molecule has 11 rings (SSSR count). The van der Waals surface area contributed by atoms with Gasteiger partial charge in [0.2, 0.25) is 0 Å². The summed E-state index contributed by atoms with van der Waals surface area (Å²) in [4.78, 5) is 15.7. The van der Waals surface area contributed by atoms with E-state index in [2.05, 4.69) is 152 Å². The van der Waals surface area contributed by atoms with Crippen LogP contribution in [-0.4, -0.2) is 15.0 Å². The summed E-state index contributed by atoms with van der Waals surface area (Å²) in [5.74, 6) is 1.81. The summed E-state index contributed by atoms with van der Waals surface area (Å²) in [5.41, 5.74) is 8.95. The zero-order valence-corrected chi connectivity index (χ0v) is 29.7. The summed E-state index contributed by atoms with van der Waals surface area (Å²) in [5, 5.41) is 6.91. The molecule has 0 bridgehead atoms. The van der Waals surface area contributed by atoms with E-state index in [0.29, 0.717) is 17.5 Å². The van der Waals surface area contributed by atoms with Gasteiger partial charge < -0.3 is 4.42 Å². The molecule has 0 aliphatic carbocycles. The third-order valence-corrected chi connectivity index (χ3v) is 11.5. The first kappa shape index (κ1) is 30.7. The lowest BCUT2D eigenvalue weighted by Crippen LogP contribution is -2.01. The van der Waals surface area contributed by atoms with Crippen molar-refractivity contribution in [1.82, 2.24) is 15.0 Å². The first-order valence-corrected chi connectivity index (χ1v) is 18.8. The first-order valence-electron chi connectivity index (χ1n) is 18.0. The Bertz CT molecular complexity index is 3230. The van der Waals surface area contributed by atoms with Gasteiger partial charge in [-0.05, 0) is 75.5 Å². The Morgan fingerprint density at radius 3 is 1.89 bits per heavy atom. The molecule has 0 radical (unpaired) electrons. The maximum absolute atomic E-state index is 6.32. The van der Waals surface area contributed by atoms with Crippen molar-refractivity contribution in [2.75, 3.05) is 0 Å². The molecule has 5 heteroatoms. The molecule has 3 heterocycles. The van der Waals surface area contributed by atoms with E-state index < -0.39 is 0 Å². The molecule has 0 N–H and O–H groups in total. The van der Waals surface area contributed by atoms with Crippen molar-refractivity contribution in [3.05, 3.63) is 176 Å². The lowest BCUT2D eigenvalue weighted by molar-refractivity contribution is 0.669.